The summed E-state index contributed by atoms with van der Waals surface area (Å²) in [5.41, 5.74) is 4.21. The van der Waals surface area contributed by atoms with Crippen LogP contribution in [-0.2, 0) is 17.7 Å². The van der Waals surface area contributed by atoms with Gasteiger partial charge in [-0.25, -0.2) is 9.78 Å². The number of ether oxygens (including phenoxy) is 2. The van der Waals surface area contributed by atoms with Gasteiger partial charge in [0.15, 0.2) is 11.5 Å². The molecule has 1 aliphatic heterocycles. The summed E-state index contributed by atoms with van der Waals surface area (Å²) in [7, 11) is 1.53. The van der Waals surface area contributed by atoms with E-state index >= 15 is 0 Å². The van der Waals surface area contributed by atoms with Crippen molar-refractivity contribution in [2.45, 2.75) is 33.7 Å². The number of hydrogen-bond acceptors (Lipinski definition) is 6. The number of phenolic OH excluding ortho intramolecular Hbond substituents is 1. The van der Waals surface area contributed by atoms with Gasteiger partial charge in [0.05, 0.1) is 19.4 Å². The summed E-state index contributed by atoms with van der Waals surface area (Å²) in [6.45, 7) is 6.76. The van der Waals surface area contributed by atoms with Crippen molar-refractivity contribution in [2.24, 2.45) is 0 Å². The van der Waals surface area contributed by atoms with E-state index < -0.39 is 0 Å². The molecular weight excluding hydrogens is 376 g/mol. The van der Waals surface area contributed by atoms with Gasteiger partial charge in [-0.1, -0.05) is 13.8 Å². The summed E-state index contributed by atoms with van der Waals surface area (Å²) in [5.74, 6) is 0.173. The van der Waals surface area contributed by atoms with Crippen LogP contribution in [-0.4, -0.2) is 34.3 Å². The van der Waals surface area contributed by atoms with Crippen LogP contribution in [0.1, 0.15) is 36.8 Å². The van der Waals surface area contributed by atoms with Crippen molar-refractivity contribution in [2.75, 3.05) is 13.7 Å². The average Bonchev–Trinajstić information content (AvgIpc) is 3.37. The van der Waals surface area contributed by atoms with E-state index in [1.54, 1.807) is 19.2 Å². The summed E-state index contributed by atoms with van der Waals surface area (Å²) in [6, 6.07) is 5.39. The van der Waals surface area contributed by atoms with Crippen molar-refractivity contribution in [1.29, 1.82) is 0 Å². The Morgan fingerprint density at radius 1 is 1.29 bits per heavy atom. The maximum absolute atomic E-state index is 12.4. The molecule has 1 aliphatic rings. The van der Waals surface area contributed by atoms with Gasteiger partial charge in [0.1, 0.15) is 10.7 Å². The zero-order chi connectivity index (χ0) is 20.3. The first-order valence-corrected chi connectivity index (χ1v) is 10.2. The predicted molar refractivity (Wildman–Crippen MR) is 110 cm³/mol. The number of fused-ring (bicyclic) bond motifs is 3. The second-order valence-electron chi connectivity index (χ2n) is 5.93. The summed E-state index contributed by atoms with van der Waals surface area (Å²) < 4.78 is 12.4. The number of rotatable bonds is 4. The molecule has 0 saturated carbocycles. The molecule has 0 amide bonds. The highest BCUT2D eigenvalue weighted by Gasteiger charge is 2.29. The molecule has 0 atom stereocenters. The van der Waals surface area contributed by atoms with Crippen LogP contribution in [0.2, 0.25) is 0 Å². The third-order valence-corrected chi connectivity index (χ3v) is 5.32. The van der Waals surface area contributed by atoms with E-state index in [-0.39, 0.29) is 11.7 Å². The third kappa shape index (κ3) is 3.38. The Hall–Kier alpha value is -2.80. The molecule has 0 saturated heterocycles. The van der Waals surface area contributed by atoms with Crippen molar-refractivity contribution in [3.63, 3.8) is 0 Å². The smallest absolute Gasteiger partial charge is 0.354 e. The lowest BCUT2D eigenvalue weighted by Gasteiger charge is -2.23. The molecule has 0 bridgehead atoms. The van der Waals surface area contributed by atoms with Gasteiger partial charge < -0.3 is 19.1 Å². The van der Waals surface area contributed by atoms with Gasteiger partial charge in [0.25, 0.3) is 0 Å². The summed E-state index contributed by atoms with van der Waals surface area (Å²) in [6.07, 6.45) is 2.47. The molecule has 0 radical (unpaired) electrons. The van der Waals surface area contributed by atoms with Gasteiger partial charge in [-0.05, 0) is 37.1 Å². The van der Waals surface area contributed by atoms with Crippen LogP contribution in [0.25, 0.3) is 21.8 Å². The lowest BCUT2D eigenvalue weighted by molar-refractivity contribution is 0.0514. The fourth-order valence-corrected chi connectivity index (χ4v) is 4.05. The largest absolute Gasteiger partial charge is 0.504 e. The summed E-state index contributed by atoms with van der Waals surface area (Å²) in [4.78, 5) is 16.9. The molecule has 0 fully saturated rings. The molecule has 7 heteroatoms. The Balaban J connectivity index is 0.00000109. The first-order valence-electron chi connectivity index (χ1n) is 9.34. The minimum absolute atomic E-state index is 0.0728. The second kappa shape index (κ2) is 8.48. The van der Waals surface area contributed by atoms with E-state index in [4.69, 9.17) is 9.47 Å². The number of benzene rings is 1. The number of methoxy groups -OCH3 is 1. The van der Waals surface area contributed by atoms with Crippen LogP contribution < -0.4 is 4.74 Å². The van der Waals surface area contributed by atoms with Crippen LogP contribution in [0, 0.1) is 0 Å². The molecule has 2 aromatic heterocycles. The van der Waals surface area contributed by atoms with Crippen LogP contribution in [0.3, 0.4) is 0 Å². The highest BCUT2D eigenvalue weighted by molar-refractivity contribution is 7.13. The van der Waals surface area contributed by atoms with Gasteiger partial charge in [-0.2, -0.15) is 0 Å². The first-order chi connectivity index (χ1) is 13.6. The van der Waals surface area contributed by atoms with Crippen molar-refractivity contribution >= 4 is 17.3 Å². The number of aromatic nitrogens is 2. The lowest BCUT2D eigenvalue weighted by Crippen LogP contribution is -2.17. The molecule has 3 aromatic rings. The third-order valence-electron chi connectivity index (χ3n) is 4.51. The summed E-state index contributed by atoms with van der Waals surface area (Å²) >= 11 is 1.51. The number of aryl methyl sites for hydroxylation is 1. The molecule has 28 heavy (non-hydrogen) atoms. The minimum Gasteiger partial charge on any atom is -0.504 e. The number of phenols is 1. The van der Waals surface area contributed by atoms with Crippen LogP contribution in [0.15, 0.2) is 29.8 Å². The monoisotopic (exact) mass is 400 g/mol. The Labute approximate surface area is 168 Å². The molecule has 0 spiro atoms. The topological polar surface area (TPSA) is 73.6 Å². The number of hydrogen-bond donors (Lipinski definition) is 1. The van der Waals surface area contributed by atoms with E-state index in [9.17, 15) is 9.90 Å². The van der Waals surface area contributed by atoms with Gasteiger partial charge in [-0.3, -0.25) is 0 Å². The number of aromatic hydroxyl groups is 1. The normalized spacial score (nSPS) is 11.7. The van der Waals surface area contributed by atoms with Crippen molar-refractivity contribution in [3.05, 3.63) is 41.0 Å². The van der Waals surface area contributed by atoms with Crippen LogP contribution >= 0.6 is 11.3 Å². The van der Waals surface area contributed by atoms with Crippen molar-refractivity contribution < 1.29 is 19.4 Å². The molecular formula is C21H24N2O4S. The van der Waals surface area contributed by atoms with Crippen LogP contribution in [0.4, 0.5) is 0 Å². The molecule has 148 valence electrons. The molecule has 6 nitrogen and oxygen atoms in total. The quantitative estimate of drug-likeness (QED) is 0.640. The second-order valence-corrected chi connectivity index (χ2v) is 6.83. The molecule has 1 N–H and O–H groups in total. The number of esters is 1. The standard InChI is InChI=1S/C19H18N2O4S.C2H6/c1-3-25-19(23)14-9-13(18-20-5-7-26-18)17-12-10-15(22)16(24-2)8-11(12)4-6-21(14)17;1-2/h5,7-10,22H,3-4,6H2,1-2H3;1-2H3. The van der Waals surface area contributed by atoms with Gasteiger partial charge in [0, 0.05) is 29.2 Å². The van der Waals surface area contributed by atoms with E-state index in [0.717, 1.165) is 33.8 Å². The first kappa shape index (κ1) is 19.9. The number of carbonyl (C=O) groups excluding carboxylic acids is 1. The minimum atomic E-state index is -0.349. The highest BCUT2D eigenvalue weighted by Crippen LogP contribution is 2.44. The molecule has 0 aliphatic carbocycles. The Bertz CT molecular complexity index is 977. The maximum atomic E-state index is 12.4. The Morgan fingerprint density at radius 2 is 2.07 bits per heavy atom. The zero-order valence-corrected chi connectivity index (χ0v) is 17.3. The van der Waals surface area contributed by atoms with E-state index in [2.05, 4.69) is 4.98 Å². The molecule has 4 rings (SSSR count). The van der Waals surface area contributed by atoms with Gasteiger partial charge in [-0.15, -0.1) is 11.3 Å². The maximum Gasteiger partial charge on any atom is 0.354 e. The molecule has 3 heterocycles. The fourth-order valence-electron chi connectivity index (χ4n) is 3.40. The van der Waals surface area contributed by atoms with Crippen molar-refractivity contribution in [3.8, 4) is 33.3 Å². The molecule has 1 aromatic carbocycles. The lowest BCUT2D eigenvalue weighted by atomic mass is 9.95. The number of nitrogens with zero attached hydrogens (tertiary/aromatic N) is 2. The SMILES string of the molecule is CC.CCOC(=O)c1cc(-c2nccs2)c2n1CCc1cc(OC)c(O)cc1-2. The Kier molecular flexibility index (Phi) is 6.04. The average molecular weight is 401 g/mol. The van der Waals surface area contributed by atoms with Gasteiger partial charge >= 0.3 is 5.97 Å². The zero-order valence-electron chi connectivity index (χ0n) is 16.5. The highest BCUT2D eigenvalue weighted by atomic mass is 32.1. The van der Waals surface area contributed by atoms with E-state index in [1.807, 2.05) is 35.9 Å². The number of thiazole rings is 1. The van der Waals surface area contributed by atoms with Crippen LogP contribution in [0.5, 0.6) is 11.5 Å². The fraction of sp³-hybridized carbons (Fsp3) is 0.333. The van der Waals surface area contributed by atoms with Gasteiger partial charge in [0.2, 0.25) is 0 Å². The molecule has 0 unspecified atom stereocenters. The Morgan fingerprint density at radius 3 is 2.71 bits per heavy atom. The predicted octanol–water partition coefficient (Wildman–Crippen LogP) is 4.75. The van der Waals surface area contributed by atoms with Crippen molar-refractivity contribution in [1.82, 2.24) is 9.55 Å². The van der Waals surface area contributed by atoms with E-state index in [1.165, 1.54) is 18.4 Å². The summed E-state index contributed by atoms with van der Waals surface area (Å²) in [5, 5.41) is 13.0. The number of carbonyl (C=O) groups is 1. The van der Waals surface area contributed by atoms with E-state index in [0.29, 0.717) is 24.6 Å².